The van der Waals surface area contributed by atoms with Gasteiger partial charge >= 0.3 is 0 Å². The van der Waals surface area contributed by atoms with Gasteiger partial charge in [-0.15, -0.1) is 0 Å². The SMILES string of the molecule is CCCCN1C(=O)CC(C(=O)Nc2ccc(OC)c(OCCOC)c2)C1c1ccc(OC)cc1. The van der Waals surface area contributed by atoms with Gasteiger partial charge in [0.25, 0.3) is 0 Å². The molecule has 1 fully saturated rings. The summed E-state index contributed by atoms with van der Waals surface area (Å²) in [6, 6.07) is 12.5. The number of ether oxygens (including phenoxy) is 4. The van der Waals surface area contributed by atoms with Crippen molar-refractivity contribution in [2.24, 2.45) is 5.92 Å². The smallest absolute Gasteiger partial charge is 0.230 e. The zero-order valence-electron chi connectivity index (χ0n) is 20.3. The van der Waals surface area contributed by atoms with E-state index in [4.69, 9.17) is 18.9 Å². The zero-order chi connectivity index (χ0) is 24.5. The fourth-order valence-corrected chi connectivity index (χ4v) is 4.17. The molecule has 2 unspecified atom stereocenters. The number of nitrogens with zero attached hydrogens (tertiary/aromatic N) is 1. The molecule has 2 aromatic carbocycles. The second-order valence-corrected chi connectivity index (χ2v) is 8.17. The first kappa shape index (κ1) is 25.4. The van der Waals surface area contributed by atoms with Crippen LogP contribution in [0.4, 0.5) is 5.69 Å². The van der Waals surface area contributed by atoms with Crippen molar-refractivity contribution in [2.75, 3.05) is 46.4 Å². The van der Waals surface area contributed by atoms with Crippen LogP contribution in [-0.2, 0) is 14.3 Å². The number of unbranched alkanes of at least 4 members (excludes halogenated alkanes) is 1. The highest BCUT2D eigenvalue weighted by atomic mass is 16.5. The summed E-state index contributed by atoms with van der Waals surface area (Å²) in [5, 5.41) is 2.98. The van der Waals surface area contributed by atoms with Crippen molar-refractivity contribution in [3.05, 3.63) is 48.0 Å². The highest BCUT2D eigenvalue weighted by molar-refractivity contribution is 5.98. The Morgan fingerprint density at radius 3 is 2.44 bits per heavy atom. The topological polar surface area (TPSA) is 86.3 Å². The van der Waals surface area contributed by atoms with Crippen LogP contribution in [0.2, 0.25) is 0 Å². The van der Waals surface area contributed by atoms with Gasteiger partial charge in [-0.05, 0) is 36.2 Å². The van der Waals surface area contributed by atoms with E-state index < -0.39 is 5.92 Å². The minimum absolute atomic E-state index is 0.00673. The largest absolute Gasteiger partial charge is 0.497 e. The molecule has 184 valence electrons. The molecule has 2 amide bonds. The molecule has 1 N–H and O–H groups in total. The van der Waals surface area contributed by atoms with E-state index in [9.17, 15) is 9.59 Å². The summed E-state index contributed by atoms with van der Waals surface area (Å²) in [4.78, 5) is 28.2. The molecule has 0 aromatic heterocycles. The van der Waals surface area contributed by atoms with E-state index >= 15 is 0 Å². The van der Waals surface area contributed by atoms with Gasteiger partial charge < -0.3 is 29.2 Å². The minimum atomic E-state index is -0.516. The van der Waals surface area contributed by atoms with Crippen molar-refractivity contribution in [1.29, 1.82) is 0 Å². The maximum atomic E-state index is 13.4. The Morgan fingerprint density at radius 2 is 1.79 bits per heavy atom. The maximum Gasteiger partial charge on any atom is 0.230 e. The molecule has 3 rings (SSSR count). The van der Waals surface area contributed by atoms with Crippen molar-refractivity contribution >= 4 is 17.5 Å². The Bertz CT molecular complexity index is 962. The molecule has 2 atom stereocenters. The number of hydrogen-bond donors (Lipinski definition) is 1. The van der Waals surface area contributed by atoms with E-state index in [2.05, 4.69) is 12.2 Å². The van der Waals surface area contributed by atoms with Crippen LogP contribution in [0.25, 0.3) is 0 Å². The average molecular weight is 471 g/mol. The maximum absolute atomic E-state index is 13.4. The van der Waals surface area contributed by atoms with E-state index in [0.717, 1.165) is 24.2 Å². The number of anilines is 1. The van der Waals surface area contributed by atoms with E-state index in [0.29, 0.717) is 36.9 Å². The number of amides is 2. The van der Waals surface area contributed by atoms with Crippen molar-refractivity contribution in [2.45, 2.75) is 32.2 Å². The molecule has 0 radical (unpaired) electrons. The van der Waals surface area contributed by atoms with Crippen molar-refractivity contribution in [3.63, 3.8) is 0 Å². The van der Waals surface area contributed by atoms with E-state index in [1.165, 1.54) is 0 Å². The molecule has 0 bridgehead atoms. The summed E-state index contributed by atoms with van der Waals surface area (Å²) in [5.74, 6) is 1.07. The van der Waals surface area contributed by atoms with Gasteiger partial charge in [-0.2, -0.15) is 0 Å². The Hall–Kier alpha value is -3.26. The number of methoxy groups -OCH3 is 3. The van der Waals surface area contributed by atoms with E-state index in [1.54, 1.807) is 39.5 Å². The number of hydrogen-bond acceptors (Lipinski definition) is 6. The quantitative estimate of drug-likeness (QED) is 0.471. The van der Waals surface area contributed by atoms with Crippen LogP contribution in [0.15, 0.2) is 42.5 Å². The molecule has 2 aromatic rings. The lowest BCUT2D eigenvalue weighted by molar-refractivity contribution is -0.129. The summed E-state index contributed by atoms with van der Waals surface area (Å²) in [6.07, 6.45) is 2.01. The predicted octanol–water partition coefficient (Wildman–Crippen LogP) is 4.06. The number of carbonyl (C=O) groups is 2. The van der Waals surface area contributed by atoms with Gasteiger partial charge in [-0.3, -0.25) is 9.59 Å². The van der Waals surface area contributed by atoms with Gasteiger partial charge in [0, 0.05) is 31.8 Å². The molecule has 1 aliphatic rings. The monoisotopic (exact) mass is 470 g/mol. The van der Waals surface area contributed by atoms with Gasteiger partial charge in [0.1, 0.15) is 12.4 Å². The fourth-order valence-electron chi connectivity index (χ4n) is 4.17. The Balaban J connectivity index is 1.83. The van der Waals surface area contributed by atoms with Crippen LogP contribution in [0, 0.1) is 5.92 Å². The molecule has 0 aliphatic carbocycles. The number of carbonyl (C=O) groups excluding carboxylic acids is 2. The third-order valence-corrected chi connectivity index (χ3v) is 5.95. The molecule has 8 nitrogen and oxygen atoms in total. The van der Waals surface area contributed by atoms with Crippen molar-refractivity contribution in [1.82, 2.24) is 4.90 Å². The lowest BCUT2D eigenvalue weighted by Crippen LogP contribution is -2.33. The number of nitrogens with one attached hydrogen (secondary N) is 1. The molecular formula is C26H34N2O6. The van der Waals surface area contributed by atoms with Crippen molar-refractivity contribution in [3.8, 4) is 17.2 Å². The van der Waals surface area contributed by atoms with Gasteiger partial charge in [0.2, 0.25) is 11.8 Å². The summed E-state index contributed by atoms with van der Waals surface area (Å²) in [5.41, 5.74) is 1.49. The van der Waals surface area contributed by atoms with Crippen molar-refractivity contribution < 1.29 is 28.5 Å². The normalized spacial score (nSPS) is 17.5. The standard InChI is InChI=1S/C26H34N2O6/c1-5-6-13-28-24(29)17-21(25(28)18-7-10-20(32-3)11-8-18)26(30)27-19-9-12-22(33-4)23(16-19)34-15-14-31-2/h7-12,16,21,25H,5-6,13-15,17H2,1-4H3,(H,27,30). The van der Waals surface area contributed by atoms with Crippen LogP contribution in [0.3, 0.4) is 0 Å². The Labute approximate surface area is 201 Å². The molecule has 0 saturated carbocycles. The second-order valence-electron chi connectivity index (χ2n) is 8.17. The summed E-state index contributed by atoms with van der Waals surface area (Å²) >= 11 is 0. The third-order valence-electron chi connectivity index (χ3n) is 5.95. The highest BCUT2D eigenvalue weighted by Gasteiger charge is 2.44. The predicted molar refractivity (Wildman–Crippen MR) is 129 cm³/mol. The van der Waals surface area contributed by atoms with Gasteiger partial charge in [-0.1, -0.05) is 25.5 Å². The minimum Gasteiger partial charge on any atom is -0.497 e. The molecule has 1 saturated heterocycles. The fraction of sp³-hybridized carbons (Fsp3) is 0.462. The first-order valence-electron chi connectivity index (χ1n) is 11.6. The van der Waals surface area contributed by atoms with Crippen LogP contribution < -0.4 is 19.5 Å². The first-order chi connectivity index (χ1) is 16.5. The third kappa shape index (κ3) is 5.99. The Kier molecular flexibility index (Phi) is 9.16. The number of benzene rings is 2. The van der Waals surface area contributed by atoms with E-state index in [1.807, 2.05) is 29.2 Å². The van der Waals surface area contributed by atoms with Crippen LogP contribution in [0.1, 0.15) is 37.8 Å². The molecule has 1 heterocycles. The molecule has 0 spiro atoms. The number of rotatable bonds is 12. The first-order valence-corrected chi connectivity index (χ1v) is 11.6. The summed E-state index contributed by atoms with van der Waals surface area (Å²) < 4.78 is 21.4. The average Bonchev–Trinajstić information content (AvgIpc) is 3.19. The summed E-state index contributed by atoms with van der Waals surface area (Å²) in [6.45, 7) is 3.49. The lowest BCUT2D eigenvalue weighted by atomic mass is 9.92. The lowest BCUT2D eigenvalue weighted by Gasteiger charge is -2.28. The molecular weight excluding hydrogens is 436 g/mol. The molecule has 34 heavy (non-hydrogen) atoms. The highest BCUT2D eigenvalue weighted by Crippen LogP contribution is 2.40. The van der Waals surface area contributed by atoms with Crippen LogP contribution >= 0.6 is 0 Å². The van der Waals surface area contributed by atoms with E-state index in [-0.39, 0.29) is 24.3 Å². The second kappa shape index (κ2) is 12.3. The van der Waals surface area contributed by atoms with Gasteiger partial charge in [0.15, 0.2) is 11.5 Å². The van der Waals surface area contributed by atoms with Crippen LogP contribution in [-0.4, -0.2) is 57.8 Å². The number of likely N-dealkylation sites (tertiary alicyclic amines) is 1. The summed E-state index contributed by atoms with van der Waals surface area (Å²) in [7, 11) is 4.77. The molecule has 8 heteroatoms. The Morgan fingerprint density at radius 1 is 1.03 bits per heavy atom. The van der Waals surface area contributed by atoms with Crippen LogP contribution in [0.5, 0.6) is 17.2 Å². The van der Waals surface area contributed by atoms with Gasteiger partial charge in [-0.25, -0.2) is 0 Å². The van der Waals surface area contributed by atoms with Gasteiger partial charge in [0.05, 0.1) is 32.8 Å². The zero-order valence-corrected chi connectivity index (χ0v) is 20.3. The molecule has 1 aliphatic heterocycles.